The van der Waals surface area contributed by atoms with Crippen molar-refractivity contribution in [3.8, 4) is 0 Å². The van der Waals surface area contributed by atoms with E-state index in [4.69, 9.17) is 4.74 Å². The Bertz CT molecular complexity index is 446. The minimum absolute atomic E-state index is 0.149. The van der Waals surface area contributed by atoms with E-state index in [0.717, 1.165) is 43.8 Å². The molecule has 0 saturated carbocycles. The molecule has 0 amide bonds. The summed E-state index contributed by atoms with van der Waals surface area (Å²) in [5, 5.41) is 6.54. The minimum Gasteiger partial charge on any atom is -0.385 e. The van der Waals surface area contributed by atoms with Gasteiger partial charge < -0.3 is 15.4 Å². The third-order valence-corrected chi connectivity index (χ3v) is 3.47. The topological polar surface area (TPSA) is 50.4 Å². The molecule has 19 heavy (non-hydrogen) atoms. The number of ketones is 1. The summed E-state index contributed by atoms with van der Waals surface area (Å²) in [5.74, 6) is 0.159. The molecule has 0 saturated heterocycles. The maximum absolute atomic E-state index is 12.3. The fraction of sp³-hybridized carbons (Fsp3) is 0.533. The normalized spacial score (nSPS) is 14.8. The Labute approximate surface area is 114 Å². The fourth-order valence-corrected chi connectivity index (χ4v) is 2.34. The van der Waals surface area contributed by atoms with Crippen LogP contribution in [0.5, 0.6) is 0 Å². The average Bonchev–Trinajstić information content (AvgIpc) is 2.89. The SMILES string of the molecule is COCCCNC(C)C(=O)c1ccc2c(c1)CCN2. The van der Waals surface area contributed by atoms with Gasteiger partial charge in [0, 0.05) is 31.5 Å². The predicted molar refractivity (Wildman–Crippen MR) is 76.9 cm³/mol. The number of Topliss-reactive ketones (excluding diaryl/α,β-unsaturated/α-hetero) is 1. The van der Waals surface area contributed by atoms with Crippen LogP contribution in [0.1, 0.15) is 29.3 Å². The second-order valence-corrected chi connectivity index (χ2v) is 4.94. The molecule has 1 atom stereocenters. The van der Waals surface area contributed by atoms with E-state index in [-0.39, 0.29) is 11.8 Å². The van der Waals surface area contributed by atoms with Crippen molar-refractivity contribution in [2.24, 2.45) is 0 Å². The van der Waals surface area contributed by atoms with E-state index in [2.05, 4.69) is 10.6 Å². The first kappa shape index (κ1) is 14.0. The first-order valence-corrected chi connectivity index (χ1v) is 6.85. The number of carbonyl (C=O) groups excluding carboxylic acids is 1. The number of hydrogen-bond donors (Lipinski definition) is 2. The summed E-state index contributed by atoms with van der Waals surface area (Å²) in [6.45, 7) is 4.41. The molecule has 0 spiro atoms. The van der Waals surface area contributed by atoms with Crippen molar-refractivity contribution >= 4 is 11.5 Å². The van der Waals surface area contributed by atoms with Crippen molar-refractivity contribution in [3.63, 3.8) is 0 Å². The van der Waals surface area contributed by atoms with Gasteiger partial charge in [0.2, 0.25) is 0 Å². The van der Waals surface area contributed by atoms with E-state index >= 15 is 0 Å². The van der Waals surface area contributed by atoms with Gasteiger partial charge in [-0.15, -0.1) is 0 Å². The van der Waals surface area contributed by atoms with Gasteiger partial charge in [0.1, 0.15) is 0 Å². The lowest BCUT2D eigenvalue weighted by atomic mass is 10.0. The molecule has 104 valence electrons. The van der Waals surface area contributed by atoms with Crippen molar-refractivity contribution in [1.82, 2.24) is 5.32 Å². The summed E-state index contributed by atoms with van der Waals surface area (Å²) in [4.78, 5) is 12.3. The molecule has 1 unspecified atom stereocenters. The summed E-state index contributed by atoms with van der Waals surface area (Å²) in [7, 11) is 1.69. The predicted octanol–water partition coefficient (Wildman–Crippen LogP) is 1.85. The second-order valence-electron chi connectivity index (χ2n) is 4.94. The number of nitrogens with one attached hydrogen (secondary N) is 2. The van der Waals surface area contributed by atoms with E-state index in [1.54, 1.807) is 7.11 Å². The van der Waals surface area contributed by atoms with Gasteiger partial charge in [-0.25, -0.2) is 0 Å². The molecule has 1 aliphatic rings. The molecule has 0 aliphatic carbocycles. The lowest BCUT2D eigenvalue weighted by molar-refractivity contribution is 0.0949. The Hall–Kier alpha value is -1.39. The quantitative estimate of drug-likeness (QED) is 0.581. The summed E-state index contributed by atoms with van der Waals surface area (Å²) in [6, 6.07) is 5.79. The van der Waals surface area contributed by atoms with Crippen LogP contribution in [0.4, 0.5) is 5.69 Å². The number of hydrogen-bond acceptors (Lipinski definition) is 4. The Kier molecular flexibility index (Phi) is 4.93. The Morgan fingerprint density at radius 2 is 2.37 bits per heavy atom. The minimum atomic E-state index is -0.149. The largest absolute Gasteiger partial charge is 0.385 e. The zero-order valence-corrected chi connectivity index (χ0v) is 11.7. The molecule has 0 aromatic heterocycles. The van der Waals surface area contributed by atoms with Crippen LogP contribution >= 0.6 is 0 Å². The Balaban J connectivity index is 1.91. The summed E-state index contributed by atoms with van der Waals surface area (Å²) >= 11 is 0. The standard InChI is InChI=1S/C15H22N2O2/c1-11(16-7-3-9-19-2)15(18)13-4-5-14-12(10-13)6-8-17-14/h4-5,10-11,16-17H,3,6-9H2,1-2H3. The smallest absolute Gasteiger partial charge is 0.179 e. The zero-order chi connectivity index (χ0) is 13.7. The van der Waals surface area contributed by atoms with Crippen LogP contribution in [0.3, 0.4) is 0 Å². The molecule has 2 N–H and O–H groups in total. The number of anilines is 1. The molecule has 4 heteroatoms. The third-order valence-electron chi connectivity index (χ3n) is 3.47. The van der Waals surface area contributed by atoms with Gasteiger partial charge in [0.25, 0.3) is 0 Å². The number of carbonyl (C=O) groups is 1. The third kappa shape index (κ3) is 3.55. The van der Waals surface area contributed by atoms with E-state index in [0.29, 0.717) is 0 Å². The monoisotopic (exact) mass is 262 g/mol. The molecular weight excluding hydrogens is 240 g/mol. The zero-order valence-electron chi connectivity index (χ0n) is 11.7. The molecular formula is C15H22N2O2. The molecule has 1 aromatic carbocycles. The average molecular weight is 262 g/mol. The van der Waals surface area contributed by atoms with Crippen LogP contribution in [0.25, 0.3) is 0 Å². The van der Waals surface area contributed by atoms with Crippen molar-refractivity contribution in [2.75, 3.05) is 32.1 Å². The second kappa shape index (κ2) is 6.68. The van der Waals surface area contributed by atoms with Gasteiger partial charge in [-0.2, -0.15) is 0 Å². The first-order valence-electron chi connectivity index (χ1n) is 6.85. The van der Waals surface area contributed by atoms with Gasteiger partial charge in [0.05, 0.1) is 6.04 Å². The van der Waals surface area contributed by atoms with Gasteiger partial charge in [-0.3, -0.25) is 4.79 Å². The summed E-state index contributed by atoms with van der Waals surface area (Å²) < 4.78 is 4.99. The van der Waals surface area contributed by atoms with E-state index < -0.39 is 0 Å². The van der Waals surface area contributed by atoms with E-state index in [1.807, 2.05) is 25.1 Å². The Morgan fingerprint density at radius 3 is 3.16 bits per heavy atom. The van der Waals surface area contributed by atoms with E-state index in [1.165, 1.54) is 5.56 Å². The van der Waals surface area contributed by atoms with Gasteiger partial charge in [0.15, 0.2) is 5.78 Å². The summed E-state index contributed by atoms with van der Waals surface area (Å²) in [6.07, 6.45) is 1.92. The van der Waals surface area contributed by atoms with Crippen LogP contribution < -0.4 is 10.6 Å². The lowest BCUT2D eigenvalue weighted by Gasteiger charge is -2.13. The highest BCUT2D eigenvalue weighted by Gasteiger charge is 2.17. The van der Waals surface area contributed by atoms with Crippen LogP contribution in [-0.4, -0.2) is 38.6 Å². The molecule has 4 nitrogen and oxygen atoms in total. The molecule has 2 rings (SSSR count). The highest BCUT2D eigenvalue weighted by atomic mass is 16.5. The van der Waals surface area contributed by atoms with Crippen molar-refractivity contribution in [1.29, 1.82) is 0 Å². The molecule has 0 radical (unpaired) electrons. The molecule has 1 heterocycles. The van der Waals surface area contributed by atoms with Crippen molar-refractivity contribution < 1.29 is 9.53 Å². The molecule has 0 bridgehead atoms. The number of ether oxygens (including phenoxy) is 1. The molecule has 1 aliphatic heterocycles. The van der Waals surface area contributed by atoms with Gasteiger partial charge >= 0.3 is 0 Å². The van der Waals surface area contributed by atoms with Crippen molar-refractivity contribution in [2.45, 2.75) is 25.8 Å². The number of benzene rings is 1. The first-order chi connectivity index (χ1) is 9.22. The number of rotatable bonds is 7. The van der Waals surface area contributed by atoms with Crippen LogP contribution in [0, 0.1) is 0 Å². The van der Waals surface area contributed by atoms with Crippen LogP contribution in [0.15, 0.2) is 18.2 Å². The van der Waals surface area contributed by atoms with Crippen LogP contribution in [-0.2, 0) is 11.2 Å². The van der Waals surface area contributed by atoms with Crippen LogP contribution in [0.2, 0.25) is 0 Å². The highest BCUT2D eigenvalue weighted by Crippen LogP contribution is 2.23. The maximum Gasteiger partial charge on any atom is 0.179 e. The summed E-state index contributed by atoms with van der Waals surface area (Å²) in [5.41, 5.74) is 3.21. The van der Waals surface area contributed by atoms with Crippen molar-refractivity contribution in [3.05, 3.63) is 29.3 Å². The molecule has 1 aromatic rings. The lowest BCUT2D eigenvalue weighted by Crippen LogP contribution is -2.35. The van der Waals surface area contributed by atoms with E-state index in [9.17, 15) is 4.79 Å². The number of fused-ring (bicyclic) bond motifs is 1. The van der Waals surface area contributed by atoms with Gasteiger partial charge in [-0.05, 0) is 50.1 Å². The number of methoxy groups -OCH3 is 1. The highest BCUT2D eigenvalue weighted by molar-refractivity contribution is 6.00. The fourth-order valence-electron chi connectivity index (χ4n) is 2.34. The molecule has 0 fully saturated rings. The maximum atomic E-state index is 12.3. The van der Waals surface area contributed by atoms with Gasteiger partial charge in [-0.1, -0.05) is 0 Å². The Morgan fingerprint density at radius 1 is 1.53 bits per heavy atom.